The van der Waals surface area contributed by atoms with Crippen LogP contribution in [0.25, 0.3) is 4.85 Å². The summed E-state index contributed by atoms with van der Waals surface area (Å²) in [5.74, 6) is 0.331. The minimum absolute atomic E-state index is 0.140. The maximum absolute atomic E-state index is 14.0. The molecule has 29 heavy (non-hydrogen) atoms. The number of halogens is 1. The standard InChI is InChI=1S/C22H22FN3O2S/c1-22(23)9-11-25(12-10-22)21(27)16-3-8-19-20(15-16)29(28)14-13-26(19)18-6-4-17(24-2)5-7-18/h3-8,15H,9-14H2,1H3. The van der Waals surface area contributed by atoms with Gasteiger partial charge in [-0.15, -0.1) is 0 Å². The summed E-state index contributed by atoms with van der Waals surface area (Å²) in [6.07, 6.45) is 0.675. The minimum Gasteiger partial charge on any atom is -0.340 e. The van der Waals surface area contributed by atoms with Crippen LogP contribution in [0.2, 0.25) is 0 Å². The van der Waals surface area contributed by atoms with Gasteiger partial charge in [-0.1, -0.05) is 12.1 Å². The van der Waals surface area contributed by atoms with Crippen LogP contribution in [0.5, 0.6) is 0 Å². The van der Waals surface area contributed by atoms with Crippen LogP contribution in [0.1, 0.15) is 30.1 Å². The van der Waals surface area contributed by atoms with Gasteiger partial charge < -0.3 is 9.80 Å². The molecule has 4 rings (SSSR count). The van der Waals surface area contributed by atoms with Crippen LogP contribution < -0.4 is 4.90 Å². The molecule has 1 fully saturated rings. The van der Waals surface area contributed by atoms with Gasteiger partial charge in [0, 0.05) is 36.6 Å². The fourth-order valence-corrected chi connectivity index (χ4v) is 5.03. The Hall–Kier alpha value is -2.72. The number of benzene rings is 2. The van der Waals surface area contributed by atoms with Crippen molar-refractivity contribution in [3.63, 3.8) is 0 Å². The number of nitrogens with zero attached hydrogens (tertiary/aromatic N) is 3. The van der Waals surface area contributed by atoms with E-state index < -0.39 is 16.5 Å². The Labute approximate surface area is 172 Å². The van der Waals surface area contributed by atoms with Crippen molar-refractivity contribution < 1.29 is 13.4 Å². The molecule has 1 unspecified atom stereocenters. The molecule has 150 valence electrons. The van der Waals surface area contributed by atoms with E-state index in [2.05, 4.69) is 9.74 Å². The smallest absolute Gasteiger partial charge is 0.253 e. The van der Waals surface area contributed by atoms with E-state index in [1.807, 2.05) is 18.2 Å². The zero-order chi connectivity index (χ0) is 20.6. The highest BCUT2D eigenvalue weighted by Gasteiger charge is 2.32. The number of alkyl halides is 1. The molecule has 0 spiro atoms. The predicted molar refractivity (Wildman–Crippen MR) is 112 cm³/mol. The molecule has 0 N–H and O–H groups in total. The van der Waals surface area contributed by atoms with Crippen LogP contribution in [-0.2, 0) is 10.8 Å². The van der Waals surface area contributed by atoms with Crippen molar-refractivity contribution in [2.24, 2.45) is 0 Å². The number of piperidine rings is 1. The third kappa shape index (κ3) is 3.90. The van der Waals surface area contributed by atoms with Gasteiger partial charge in [0.25, 0.3) is 5.91 Å². The second-order valence-electron chi connectivity index (χ2n) is 7.72. The summed E-state index contributed by atoms with van der Waals surface area (Å²) in [5, 5.41) is 0. The first-order chi connectivity index (χ1) is 13.9. The zero-order valence-electron chi connectivity index (χ0n) is 16.2. The molecule has 2 aromatic rings. The molecule has 2 aliphatic rings. The first-order valence-corrected chi connectivity index (χ1v) is 11.0. The predicted octanol–water partition coefficient (Wildman–Crippen LogP) is 4.46. The molecule has 0 saturated carbocycles. The van der Waals surface area contributed by atoms with Gasteiger partial charge in [0.05, 0.1) is 28.0 Å². The summed E-state index contributed by atoms with van der Waals surface area (Å²) in [6.45, 7) is 10.1. The summed E-state index contributed by atoms with van der Waals surface area (Å²) < 4.78 is 26.7. The van der Waals surface area contributed by atoms with Gasteiger partial charge >= 0.3 is 0 Å². The Morgan fingerprint density at radius 1 is 1.14 bits per heavy atom. The Balaban J connectivity index is 1.61. The Morgan fingerprint density at radius 3 is 2.48 bits per heavy atom. The van der Waals surface area contributed by atoms with Crippen molar-refractivity contribution in [3.8, 4) is 0 Å². The van der Waals surface area contributed by atoms with E-state index in [9.17, 15) is 13.4 Å². The summed E-state index contributed by atoms with van der Waals surface area (Å²) in [7, 11) is -1.18. The highest BCUT2D eigenvalue weighted by Crippen LogP contribution is 2.36. The molecule has 1 saturated heterocycles. The lowest BCUT2D eigenvalue weighted by Crippen LogP contribution is -2.43. The van der Waals surface area contributed by atoms with Crippen LogP contribution >= 0.6 is 0 Å². The number of anilines is 2. The second-order valence-corrected chi connectivity index (χ2v) is 9.26. The largest absolute Gasteiger partial charge is 0.340 e. The molecule has 1 atom stereocenters. The van der Waals surface area contributed by atoms with E-state index in [4.69, 9.17) is 6.57 Å². The molecule has 1 amide bonds. The van der Waals surface area contributed by atoms with Crippen LogP contribution in [0.15, 0.2) is 47.4 Å². The number of hydrogen-bond acceptors (Lipinski definition) is 3. The average Bonchev–Trinajstić information content (AvgIpc) is 2.73. The molecule has 5 nitrogen and oxygen atoms in total. The van der Waals surface area contributed by atoms with E-state index in [1.54, 1.807) is 36.1 Å². The van der Waals surface area contributed by atoms with E-state index >= 15 is 0 Å². The monoisotopic (exact) mass is 411 g/mol. The van der Waals surface area contributed by atoms with Gasteiger partial charge in [-0.25, -0.2) is 9.24 Å². The number of carbonyl (C=O) groups is 1. The number of likely N-dealkylation sites (tertiary alicyclic amines) is 1. The lowest BCUT2D eigenvalue weighted by Gasteiger charge is -2.35. The highest BCUT2D eigenvalue weighted by atomic mass is 32.2. The number of fused-ring (bicyclic) bond motifs is 1. The topological polar surface area (TPSA) is 45.0 Å². The van der Waals surface area contributed by atoms with E-state index in [1.165, 1.54) is 0 Å². The lowest BCUT2D eigenvalue weighted by molar-refractivity contribution is 0.0504. The number of carbonyl (C=O) groups excluding carboxylic acids is 1. The molecule has 0 bridgehead atoms. The van der Waals surface area contributed by atoms with Gasteiger partial charge in [-0.05, 0) is 50.1 Å². The summed E-state index contributed by atoms with van der Waals surface area (Å²) >= 11 is 0. The lowest BCUT2D eigenvalue weighted by atomic mass is 9.95. The molecule has 2 heterocycles. The maximum atomic E-state index is 14.0. The van der Waals surface area contributed by atoms with E-state index in [-0.39, 0.29) is 5.91 Å². The molecular weight excluding hydrogens is 389 g/mol. The molecule has 0 aliphatic carbocycles. The molecular formula is C22H22FN3O2S. The fraction of sp³-hybridized carbons (Fsp3) is 0.364. The highest BCUT2D eigenvalue weighted by molar-refractivity contribution is 7.85. The molecule has 0 radical (unpaired) electrons. The summed E-state index contributed by atoms with van der Waals surface area (Å²) in [6, 6.07) is 12.6. The van der Waals surface area contributed by atoms with Gasteiger partial charge in [0.2, 0.25) is 0 Å². The molecule has 7 heteroatoms. The van der Waals surface area contributed by atoms with Crippen LogP contribution in [0, 0.1) is 6.57 Å². The quantitative estimate of drug-likeness (QED) is 0.686. The fourth-order valence-electron chi connectivity index (χ4n) is 3.79. The van der Waals surface area contributed by atoms with Crippen molar-refractivity contribution in [1.29, 1.82) is 0 Å². The summed E-state index contributed by atoms with van der Waals surface area (Å²) in [5.41, 5.74) is 1.59. The molecule has 0 aromatic heterocycles. The van der Waals surface area contributed by atoms with Crippen LogP contribution in [-0.4, -0.2) is 46.1 Å². The number of hydrogen-bond donors (Lipinski definition) is 0. The van der Waals surface area contributed by atoms with Crippen molar-refractivity contribution in [3.05, 3.63) is 59.4 Å². The van der Waals surface area contributed by atoms with Crippen molar-refractivity contribution in [1.82, 2.24) is 4.90 Å². The van der Waals surface area contributed by atoms with Gasteiger partial charge in [0.1, 0.15) is 5.67 Å². The molecule has 2 aromatic carbocycles. The number of amides is 1. The minimum atomic E-state index is -1.21. The normalized spacial score (nSPS) is 20.7. The van der Waals surface area contributed by atoms with E-state index in [0.717, 1.165) is 11.4 Å². The summed E-state index contributed by atoms with van der Waals surface area (Å²) in [4.78, 5) is 20.7. The van der Waals surface area contributed by atoms with E-state index in [0.29, 0.717) is 54.4 Å². The van der Waals surface area contributed by atoms with Gasteiger partial charge in [0.15, 0.2) is 5.69 Å². The van der Waals surface area contributed by atoms with Gasteiger partial charge in [-0.2, -0.15) is 0 Å². The third-order valence-corrected chi connectivity index (χ3v) is 7.00. The first kappa shape index (κ1) is 19.6. The maximum Gasteiger partial charge on any atom is 0.253 e. The van der Waals surface area contributed by atoms with Crippen molar-refractivity contribution in [2.45, 2.75) is 30.3 Å². The van der Waals surface area contributed by atoms with Crippen LogP contribution in [0.3, 0.4) is 0 Å². The van der Waals surface area contributed by atoms with Crippen molar-refractivity contribution >= 4 is 33.8 Å². The van der Waals surface area contributed by atoms with Crippen molar-refractivity contribution in [2.75, 3.05) is 30.3 Å². The third-order valence-electron chi connectivity index (χ3n) is 5.63. The zero-order valence-corrected chi connectivity index (χ0v) is 17.0. The number of rotatable bonds is 2. The Kier molecular flexibility index (Phi) is 5.13. The Bertz CT molecular complexity index is 1000. The van der Waals surface area contributed by atoms with Crippen LogP contribution in [0.4, 0.5) is 21.5 Å². The first-order valence-electron chi connectivity index (χ1n) is 9.64. The molecule has 2 aliphatic heterocycles. The second kappa shape index (κ2) is 7.60. The SMILES string of the molecule is [C-]#[N+]c1ccc(N2CCS(=O)c3cc(C(=O)N4CCC(C)(F)CC4)ccc32)cc1. The van der Waals surface area contributed by atoms with Gasteiger partial charge in [-0.3, -0.25) is 9.00 Å². The Morgan fingerprint density at radius 2 is 1.83 bits per heavy atom. The average molecular weight is 412 g/mol.